The van der Waals surface area contributed by atoms with Crippen molar-refractivity contribution in [2.24, 2.45) is 0 Å². The Bertz CT molecular complexity index is 953. The first-order chi connectivity index (χ1) is 13.3. The van der Waals surface area contributed by atoms with Gasteiger partial charge in [-0.15, -0.1) is 0 Å². The summed E-state index contributed by atoms with van der Waals surface area (Å²) in [7, 11) is 0.124. The van der Waals surface area contributed by atoms with E-state index in [9.17, 15) is 13.2 Å². The van der Waals surface area contributed by atoms with E-state index in [1.165, 1.54) is 6.26 Å². The number of hydrogen-bond donors (Lipinski definition) is 0. The van der Waals surface area contributed by atoms with Crippen molar-refractivity contribution in [1.29, 1.82) is 0 Å². The van der Waals surface area contributed by atoms with Crippen LogP contribution in [0.15, 0.2) is 42.5 Å². The molecule has 0 saturated carbocycles. The van der Waals surface area contributed by atoms with E-state index in [2.05, 4.69) is 0 Å². The molecule has 3 rings (SSSR count). The van der Waals surface area contributed by atoms with Crippen molar-refractivity contribution in [1.82, 2.24) is 4.90 Å². The maximum Gasteiger partial charge on any atom is 0.254 e. The Morgan fingerprint density at radius 2 is 1.82 bits per heavy atom. The number of likely N-dealkylation sites (tertiary alicyclic amines) is 1. The lowest BCUT2D eigenvalue weighted by Gasteiger charge is -2.27. The number of sulfone groups is 1. The smallest absolute Gasteiger partial charge is 0.254 e. The molecule has 2 aromatic rings. The first kappa shape index (κ1) is 20.2. The molecule has 0 radical (unpaired) electrons. The SMILES string of the molecule is COc1ccc(OC)c([C@@H]2CCCN2C(=O)c2ccc(CS(C)(=O)=O)cc2)c1. The normalized spacial score (nSPS) is 16.8. The predicted molar refractivity (Wildman–Crippen MR) is 108 cm³/mol. The Morgan fingerprint density at radius 1 is 1.11 bits per heavy atom. The molecular weight excluding hydrogens is 378 g/mol. The topological polar surface area (TPSA) is 72.9 Å². The zero-order valence-corrected chi connectivity index (χ0v) is 17.2. The molecule has 1 aliphatic rings. The second-order valence-corrected chi connectivity index (χ2v) is 9.17. The van der Waals surface area contributed by atoms with E-state index in [0.717, 1.165) is 29.9 Å². The molecule has 1 atom stereocenters. The Kier molecular flexibility index (Phi) is 5.93. The molecular formula is C21H25NO5S. The van der Waals surface area contributed by atoms with Crippen LogP contribution in [0, 0.1) is 0 Å². The van der Waals surface area contributed by atoms with Gasteiger partial charge in [-0.25, -0.2) is 8.42 Å². The highest BCUT2D eigenvalue weighted by molar-refractivity contribution is 7.89. The van der Waals surface area contributed by atoms with Crippen molar-refractivity contribution in [3.05, 3.63) is 59.2 Å². The summed E-state index contributed by atoms with van der Waals surface area (Å²) in [4.78, 5) is 15.0. The largest absolute Gasteiger partial charge is 0.497 e. The van der Waals surface area contributed by atoms with Gasteiger partial charge in [0.05, 0.1) is 26.0 Å². The van der Waals surface area contributed by atoms with Gasteiger partial charge >= 0.3 is 0 Å². The standard InChI is InChI=1S/C21H25NO5S/c1-26-17-10-11-20(27-2)18(13-17)19-5-4-12-22(19)21(23)16-8-6-15(7-9-16)14-28(3,24)25/h6-11,13,19H,4-5,12,14H2,1-3H3/t19-/m0/s1. The molecule has 7 heteroatoms. The minimum atomic E-state index is -3.11. The number of nitrogens with zero attached hydrogens (tertiary/aromatic N) is 1. The summed E-state index contributed by atoms with van der Waals surface area (Å²) in [6, 6.07) is 12.3. The molecule has 1 fully saturated rings. The molecule has 0 aromatic heterocycles. The molecule has 1 amide bonds. The van der Waals surface area contributed by atoms with Crippen LogP contribution in [0.25, 0.3) is 0 Å². The van der Waals surface area contributed by atoms with E-state index < -0.39 is 9.84 Å². The molecule has 0 spiro atoms. The van der Waals surface area contributed by atoms with Gasteiger partial charge in [-0.2, -0.15) is 0 Å². The zero-order chi connectivity index (χ0) is 20.3. The quantitative estimate of drug-likeness (QED) is 0.740. The zero-order valence-electron chi connectivity index (χ0n) is 16.3. The predicted octanol–water partition coefficient (Wildman–Crippen LogP) is 3.23. The maximum atomic E-state index is 13.1. The van der Waals surface area contributed by atoms with Crippen LogP contribution >= 0.6 is 0 Å². The first-order valence-corrected chi connectivity index (χ1v) is 11.2. The highest BCUT2D eigenvalue weighted by atomic mass is 32.2. The minimum absolute atomic E-state index is 0.0329. The van der Waals surface area contributed by atoms with Crippen LogP contribution in [0.2, 0.25) is 0 Å². The third kappa shape index (κ3) is 4.47. The molecule has 0 unspecified atom stereocenters. The molecule has 28 heavy (non-hydrogen) atoms. The number of amides is 1. The van der Waals surface area contributed by atoms with Crippen molar-refractivity contribution in [3.63, 3.8) is 0 Å². The lowest BCUT2D eigenvalue weighted by Crippen LogP contribution is -2.30. The van der Waals surface area contributed by atoms with Gasteiger partial charge in [0.1, 0.15) is 11.5 Å². The van der Waals surface area contributed by atoms with Gasteiger partial charge in [0, 0.05) is 23.9 Å². The van der Waals surface area contributed by atoms with Crippen LogP contribution in [-0.4, -0.2) is 46.2 Å². The van der Waals surface area contributed by atoms with E-state index in [4.69, 9.17) is 9.47 Å². The fraction of sp³-hybridized carbons (Fsp3) is 0.381. The van der Waals surface area contributed by atoms with E-state index in [1.54, 1.807) is 38.5 Å². The summed E-state index contributed by atoms with van der Waals surface area (Å²) in [6.07, 6.45) is 2.95. The highest BCUT2D eigenvalue weighted by Crippen LogP contribution is 2.39. The average molecular weight is 404 g/mol. The minimum Gasteiger partial charge on any atom is -0.497 e. The van der Waals surface area contributed by atoms with Gasteiger partial charge in [-0.1, -0.05) is 12.1 Å². The van der Waals surface area contributed by atoms with Gasteiger partial charge in [-0.3, -0.25) is 4.79 Å². The van der Waals surface area contributed by atoms with Crippen LogP contribution in [0.5, 0.6) is 11.5 Å². The van der Waals surface area contributed by atoms with Crippen molar-refractivity contribution in [2.45, 2.75) is 24.6 Å². The van der Waals surface area contributed by atoms with Crippen molar-refractivity contribution < 1.29 is 22.7 Å². The molecule has 6 nitrogen and oxygen atoms in total. The number of ether oxygens (including phenoxy) is 2. The van der Waals surface area contributed by atoms with E-state index >= 15 is 0 Å². The number of hydrogen-bond acceptors (Lipinski definition) is 5. The molecule has 1 saturated heterocycles. The van der Waals surface area contributed by atoms with Crippen LogP contribution in [0.1, 0.15) is 40.4 Å². The summed E-state index contributed by atoms with van der Waals surface area (Å²) in [5, 5.41) is 0. The van der Waals surface area contributed by atoms with Crippen molar-refractivity contribution in [3.8, 4) is 11.5 Å². The van der Waals surface area contributed by atoms with Gasteiger partial charge in [0.15, 0.2) is 9.84 Å². The van der Waals surface area contributed by atoms with Crippen LogP contribution in [0.4, 0.5) is 0 Å². The molecule has 1 aliphatic heterocycles. The fourth-order valence-corrected chi connectivity index (χ4v) is 4.44. The number of carbonyl (C=O) groups excluding carboxylic acids is 1. The van der Waals surface area contributed by atoms with Gasteiger partial charge < -0.3 is 14.4 Å². The van der Waals surface area contributed by atoms with Gasteiger partial charge in [0.25, 0.3) is 5.91 Å². The maximum absolute atomic E-state index is 13.1. The Balaban J connectivity index is 1.86. The van der Waals surface area contributed by atoms with Crippen LogP contribution in [0.3, 0.4) is 0 Å². The number of carbonyl (C=O) groups is 1. The highest BCUT2D eigenvalue weighted by Gasteiger charge is 2.32. The fourth-order valence-electron chi connectivity index (χ4n) is 3.65. The van der Waals surface area contributed by atoms with E-state index in [-0.39, 0.29) is 17.7 Å². The number of methoxy groups -OCH3 is 2. The molecule has 0 aliphatic carbocycles. The average Bonchev–Trinajstić information content (AvgIpc) is 3.16. The number of rotatable bonds is 6. The van der Waals surface area contributed by atoms with Crippen molar-refractivity contribution >= 4 is 15.7 Å². The summed E-state index contributed by atoms with van der Waals surface area (Å²) in [6.45, 7) is 0.662. The summed E-state index contributed by atoms with van der Waals surface area (Å²) < 4.78 is 33.7. The monoisotopic (exact) mass is 403 g/mol. The second kappa shape index (κ2) is 8.22. The lowest BCUT2D eigenvalue weighted by atomic mass is 10.0. The summed E-state index contributed by atoms with van der Waals surface area (Å²) >= 11 is 0. The first-order valence-electron chi connectivity index (χ1n) is 9.12. The molecule has 1 heterocycles. The molecule has 0 bridgehead atoms. The van der Waals surface area contributed by atoms with Crippen LogP contribution < -0.4 is 9.47 Å². The summed E-state index contributed by atoms with van der Waals surface area (Å²) in [5.74, 6) is 1.35. The second-order valence-electron chi connectivity index (χ2n) is 7.03. The van der Waals surface area contributed by atoms with Gasteiger partial charge in [-0.05, 0) is 48.7 Å². The summed E-state index contributed by atoms with van der Waals surface area (Å²) in [5.41, 5.74) is 2.15. The Morgan fingerprint density at radius 3 is 2.43 bits per heavy atom. The molecule has 2 aromatic carbocycles. The lowest BCUT2D eigenvalue weighted by molar-refractivity contribution is 0.0734. The molecule has 150 valence electrons. The Labute approximate surface area is 166 Å². The third-order valence-corrected chi connectivity index (χ3v) is 5.80. The van der Waals surface area contributed by atoms with Gasteiger partial charge in [0.2, 0.25) is 0 Å². The number of benzene rings is 2. The van der Waals surface area contributed by atoms with E-state index in [1.807, 2.05) is 23.1 Å². The van der Waals surface area contributed by atoms with E-state index in [0.29, 0.717) is 17.7 Å². The third-order valence-electron chi connectivity index (χ3n) is 4.94. The Hall–Kier alpha value is -2.54. The molecule has 0 N–H and O–H groups in total. The van der Waals surface area contributed by atoms with Crippen molar-refractivity contribution in [2.75, 3.05) is 27.0 Å². The van der Waals surface area contributed by atoms with Crippen LogP contribution in [-0.2, 0) is 15.6 Å².